The molecule has 1 aromatic rings. The van der Waals surface area contributed by atoms with Crippen molar-refractivity contribution < 1.29 is 9.90 Å². The van der Waals surface area contributed by atoms with Crippen LogP contribution in [0.15, 0.2) is 24.3 Å². The van der Waals surface area contributed by atoms with Crippen molar-refractivity contribution in [1.29, 1.82) is 0 Å². The second-order valence-electron chi connectivity index (χ2n) is 3.39. The second-order valence-corrected chi connectivity index (χ2v) is 4.30. The molecule has 0 bridgehead atoms. The van der Waals surface area contributed by atoms with E-state index in [9.17, 15) is 4.79 Å². The first kappa shape index (κ1) is 11.9. The molecule has 0 radical (unpaired) electrons. The molecule has 0 fully saturated rings. The predicted octanol–water partition coefficient (Wildman–Crippen LogP) is 2.55. The minimum Gasteiger partial charge on any atom is -0.478 e. The number of hydrogen-bond donors (Lipinski definition) is 2. The molecule has 0 aliphatic carbocycles. The zero-order valence-corrected chi connectivity index (χ0v) is 9.67. The summed E-state index contributed by atoms with van der Waals surface area (Å²) in [4.78, 5) is 10.7. The van der Waals surface area contributed by atoms with Crippen LogP contribution in [0.1, 0.15) is 17.3 Å². The van der Waals surface area contributed by atoms with Crippen LogP contribution < -0.4 is 5.32 Å². The fourth-order valence-electron chi connectivity index (χ4n) is 1.32. The molecule has 0 saturated carbocycles. The number of carboxylic acids is 1. The fraction of sp³-hybridized carbons (Fsp3) is 0.364. The summed E-state index contributed by atoms with van der Waals surface area (Å²) >= 11 is 1.76. The van der Waals surface area contributed by atoms with Gasteiger partial charge in [0.05, 0.1) is 5.56 Å². The highest BCUT2D eigenvalue weighted by Crippen LogP contribution is 2.12. The van der Waals surface area contributed by atoms with E-state index in [-0.39, 0.29) is 0 Å². The Balaban J connectivity index is 2.69. The van der Waals surface area contributed by atoms with E-state index in [1.807, 2.05) is 12.3 Å². The lowest BCUT2D eigenvalue weighted by Gasteiger charge is -2.14. The van der Waals surface area contributed by atoms with Crippen molar-refractivity contribution in [3.63, 3.8) is 0 Å². The molecule has 2 N–H and O–H groups in total. The summed E-state index contributed by atoms with van der Waals surface area (Å²) < 4.78 is 0. The van der Waals surface area contributed by atoms with Crippen LogP contribution in [0.25, 0.3) is 0 Å². The van der Waals surface area contributed by atoms with Crippen molar-refractivity contribution in [2.75, 3.05) is 17.3 Å². The van der Waals surface area contributed by atoms with Gasteiger partial charge in [-0.05, 0) is 31.4 Å². The largest absolute Gasteiger partial charge is 0.478 e. The highest BCUT2D eigenvalue weighted by molar-refractivity contribution is 7.98. The van der Waals surface area contributed by atoms with Crippen LogP contribution in [0.4, 0.5) is 5.69 Å². The Morgan fingerprint density at radius 1 is 1.60 bits per heavy atom. The molecule has 4 heteroatoms. The van der Waals surface area contributed by atoms with Crippen molar-refractivity contribution in [3.8, 4) is 0 Å². The van der Waals surface area contributed by atoms with E-state index in [4.69, 9.17) is 5.11 Å². The Morgan fingerprint density at radius 3 is 2.93 bits per heavy atom. The Hall–Kier alpha value is -1.16. The minimum absolute atomic E-state index is 0.316. The zero-order chi connectivity index (χ0) is 11.3. The van der Waals surface area contributed by atoms with Gasteiger partial charge in [-0.1, -0.05) is 6.07 Å². The maximum atomic E-state index is 10.7. The Morgan fingerprint density at radius 2 is 2.33 bits per heavy atom. The number of anilines is 1. The third-order valence-corrected chi connectivity index (χ3v) is 2.77. The summed E-state index contributed by atoms with van der Waals surface area (Å²) in [6, 6.07) is 7.20. The number of carbonyl (C=O) groups is 1. The molecule has 0 amide bonds. The summed E-state index contributed by atoms with van der Waals surface area (Å²) in [5.74, 6) is 0.105. The summed E-state index contributed by atoms with van der Waals surface area (Å²) in [5, 5.41) is 12.1. The second kappa shape index (κ2) is 5.66. The molecule has 15 heavy (non-hydrogen) atoms. The summed E-state index contributed by atoms with van der Waals surface area (Å²) in [7, 11) is 0. The third kappa shape index (κ3) is 3.83. The van der Waals surface area contributed by atoms with Crippen LogP contribution in [0.2, 0.25) is 0 Å². The normalized spacial score (nSPS) is 12.1. The third-order valence-electron chi connectivity index (χ3n) is 1.94. The molecular weight excluding hydrogens is 210 g/mol. The van der Waals surface area contributed by atoms with E-state index in [0.29, 0.717) is 11.6 Å². The number of rotatable bonds is 5. The van der Waals surface area contributed by atoms with E-state index < -0.39 is 5.97 Å². The van der Waals surface area contributed by atoms with Gasteiger partial charge < -0.3 is 10.4 Å². The van der Waals surface area contributed by atoms with Crippen LogP contribution in [-0.4, -0.2) is 29.1 Å². The fourth-order valence-corrected chi connectivity index (χ4v) is 1.90. The zero-order valence-electron chi connectivity index (χ0n) is 8.86. The molecular formula is C11H15NO2S. The van der Waals surface area contributed by atoms with Crippen molar-refractivity contribution in [2.45, 2.75) is 13.0 Å². The molecule has 1 rings (SSSR count). The number of carboxylic acid groups (broad SMARTS) is 1. The number of thioether (sulfide) groups is 1. The van der Waals surface area contributed by atoms with Gasteiger partial charge in [0.15, 0.2) is 0 Å². The quantitative estimate of drug-likeness (QED) is 0.808. The van der Waals surface area contributed by atoms with Crippen LogP contribution >= 0.6 is 11.8 Å². The van der Waals surface area contributed by atoms with E-state index in [0.717, 1.165) is 11.4 Å². The molecule has 1 unspecified atom stereocenters. The average Bonchev–Trinajstić information content (AvgIpc) is 2.18. The highest BCUT2D eigenvalue weighted by atomic mass is 32.2. The van der Waals surface area contributed by atoms with Crippen molar-refractivity contribution in [3.05, 3.63) is 29.8 Å². The van der Waals surface area contributed by atoms with Gasteiger partial charge in [0.25, 0.3) is 0 Å². The van der Waals surface area contributed by atoms with E-state index in [2.05, 4.69) is 12.2 Å². The van der Waals surface area contributed by atoms with Gasteiger partial charge in [-0.15, -0.1) is 0 Å². The minimum atomic E-state index is -0.892. The summed E-state index contributed by atoms with van der Waals surface area (Å²) in [6.07, 6.45) is 2.05. The number of aromatic carboxylic acids is 1. The molecule has 1 atom stereocenters. The van der Waals surface area contributed by atoms with Crippen LogP contribution in [0, 0.1) is 0 Å². The number of nitrogens with one attached hydrogen (secondary N) is 1. The lowest BCUT2D eigenvalue weighted by Crippen LogP contribution is -2.17. The first-order valence-corrected chi connectivity index (χ1v) is 6.11. The molecule has 0 saturated heterocycles. The van der Waals surface area contributed by atoms with Crippen LogP contribution in [0.3, 0.4) is 0 Å². The molecule has 82 valence electrons. The van der Waals surface area contributed by atoms with Gasteiger partial charge in [-0.2, -0.15) is 11.8 Å². The van der Waals surface area contributed by atoms with Crippen LogP contribution in [0.5, 0.6) is 0 Å². The Kier molecular flexibility index (Phi) is 4.49. The standard InChI is InChI=1S/C11H15NO2S/c1-8(7-15-2)12-10-5-3-4-9(6-10)11(13)14/h3-6,8,12H,7H2,1-2H3,(H,13,14). The van der Waals surface area contributed by atoms with Crippen molar-refractivity contribution in [1.82, 2.24) is 0 Å². The summed E-state index contributed by atoms with van der Waals surface area (Å²) in [6.45, 7) is 2.07. The van der Waals surface area contributed by atoms with Gasteiger partial charge in [-0.25, -0.2) is 4.79 Å². The maximum absolute atomic E-state index is 10.7. The average molecular weight is 225 g/mol. The van der Waals surface area contributed by atoms with Gasteiger partial charge >= 0.3 is 5.97 Å². The molecule has 3 nitrogen and oxygen atoms in total. The van der Waals surface area contributed by atoms with Crippen molar-refractivity contribution in [2.24, 2.45) is 0 Å². The highest BCUT2D eigenvalue weighted by Gasteiger charge is 2.05. The number of benzene rings is 1. The monoisotopic (exact) mass is 225 g/mol. The molecule has 0 spiro atoms. The van der Waals surface area contributed by atoms with Gasteiger partial charge in [0.1, 0.15) is 0 Å². The first-order valence-electron chi connectivity index (χ1n) is 4.72. The summed E-state index contributed by atoms with van der Waals surface area (Å²) in [5.41, 5.74) is 1.17. The van der Waals surface area contributed by atoms with E-state index in [1.54, 1.807) is 30.0 Å². The van der Waals surface area contributed by atoms with E-state index >= 15 is 0 Å². The molecule has 0 aliphatic heterocycles. The van der Waals surface area contributed by atoms with Crippen LogP contribution in [-0.2, 0) is 0 Å². The molecule has 0 aromatic heterocycles. The van der Waals surface area contributed by atoms with E-state index in [1.165, 1.54) is 0 Å². The molecule has 0 aliphatic rings. The lowest BCUT2D eigenvalue weighted by molar-refractivity contribution is 0.0697. The van der Waals surface area contributed by atoms with Gasteiger partial charge in [-0.3, -0.25) is 0 Å². The Labute approximate surface area is 93.9 Å². The van der Waals surface area contributed by atoms with Crippen molar-refractivity contribution >= 4 is 23.4 Å². The maximum Gasteiger partial charge on any atom is 0.335 e. The van der Waals surface area contributed by atoms with Gasteiger partial charge in [0, 0.05) is 17.5 Å². The van der Waals surface area contributed by atoms with Gasteiger partial charge in [0.2, 0.25) is 0 Å². The molecule has 1 aromatic carbocycles. The predicted molar refractivity (Wildman–Crippen MR) is 64.9 cm³/mol. The topological polar surface area (TPSA) is 49.3 Å². The SMILES string of the molecule is CSCC(C)Nc1cccc(C(=O)O)c1. The molecule has 0 heterocycles. The Bertz CT molecular complexity index is 341. The lowest BCUT2D eigenvalue weighted by atomic mass is 10.2. The first-order chi connectivity index (χ1) is 7.13. The smallest absolute Gasteiger partial charge is 0.335 e. The number of hydrogen-bond acceptors (Lipinski definition) is 3.